The third-order valence-electron chi connectivity index (χ3n) is 5.43. The number of carbonyl (C=O) groups excluding carboxylic acids is 3. The van der Waals surface area contributed by atoms with Crippen LogP contribution in [-0.2, 0) is 4.74 Å². The number of anilines is 2. The van der Waals surface area contributed by atoms with Gasteiger partial charge in [0, 0.05) is 49.7 Å². The minimum absolute atomic E-state index is 0.0680. The van der Waals surface area contributed by atoms with Crippen molar-refractivity contribution < 1.29 is 19.1 Å². The molecule has 1 aliphatic heterocycles. The smallest absolute Gasteiger partial charge is 0.339 e. The van der Waals surface area contributed by atoms with E-state index < -0.39 is 0 Å². The Morgan fingerprint density at radius 1 is 1.06 bits per heavy atom. The molecule has 3 amide bonds. The van der Waals surface area contributed by atoms with E-state index in [2.05, 4.69) is 20.5 Å². The second kappa shape index (κ2) is 9.67. The molecule has 0 radical (unpaired) electrons. The summed E-state index contributed by atoms with van der Waals surface area (Å²) in [6.45, 7) is 4.47. The van der Waals surface area contributed by atoms with Gasteiger partial charge in [-0.2, -0.15) is 0 Å². The van der Waals surface area contributed by atoms with Crippen molar-refractivity contribution in [3.8, 4) is 0 Å². The largest absolute Gasteiger partial charge is 0.462 e. The van der Waals surface area contributed by atoms with E-state index in [1.807, 2.05) is 0 Å². The third-order valence-corrected chi connectivity index (χ3v) is 5.43. The van der Waals surface area contributed by atoms with E-state index in [4.69, 9.17) is 4.74 Å². The van der Waals surface area contributed by atoms with Gasteiger partial charge in [-0.3, -0.25) is 4.79 Å². The fourth-order valence-corrected chi connectivity index (χ4v) is 3.54. The summed E-state index contributed by atoms with van der Waals surface area (Å²) >= 11 is 0. The Labute approximate surface area is 186 Å². The number of hydrogen-bond donors (Lipinski definition) is 2. The number of rotatable bonds is 6. The van der Waals surface area contributed by atoms with Gasteiger partial charge in [-0.15, -0.1) is 0 Å². The molecule has 0 bridgehead atoms. The predicted molar refractivity (Wildman–Crippen MR) is 120 cm³/mol. The number of ether oxygens (including phenoxy) is 1. The summed E-state index contributed by atoms with van der Waals surface area (Å²) in [6, 6.07) is 10.5. The maximum atomic E-state index is 13.0. The average molecular weight is 438 g/mol. The number of piperazine rings is 1. The van der Waals surface area contributed by atoms with Crippen molar-refractivity contribution in [1.29, 1.82) is 0 Å². The van der Waals surface area contributed by atoms with Crippen LogP contribution in [0.4, 0.5) is 16.3 Å². The topological polar surface area (TPSA) is 104 Å². The minimum Gasteiger partial charge on any atom is -0.462 e. The number of nitrogens with zero attached hydrogens (tertiary/aromatic N) is 3. The maximum Gasteiger partial charge on any atom is 0.339 e. The van der Waals surface area contributed by atoms with Crippen LogP contribution in [-0.4, -0.2) is 66.6 Å². The molecule has 2 aliphatic rings. The van der Waals surface area contributed by atoms with E-state index in [-0.39, 0.29) is 23.9 Å². The van der Waals surface area contributed by atoms with Gasteiger partial charge >= 0.3 is 12.0 Å². The quantitative estimate of drug-likeness (QED) is 0.673. The van der Waals surface area contributed by atoms with Crippen molar-refractivity contribution in [2.45, 2.75) is 25.8 Å². The molecule has 0 unspecified atom stereocenters. The summed E-state index contributed by atoms with van der Waals surface area (Å²) in [4.78, 5) is 44.9. The van der Waals surface area contributed by atoms with E-state index in [9.17, 15) is 14.4 Å². The zero-order valence-corrected chi connectivity index (χ0v) is 18.0. The van der Waals surface area contributed by atoms with E-state index in [0.29, 0.717) is 49.6 Å². The number of pyridine rings is 1. The van der Waals surface area contributed by atoms with Gasteiger partial charge in [-0.1, -0.05) is 6.07 Å². The zero-order chi connectivity index (χ0) is 22.5. The van der Waals surface area contributed by atoms with Crippen molar-refractivity contribution in [3.05, 3.63) is 53.7 Å². The number of nitrogens with one attached hydrogen (secondary N) is 2. The normalized spacial score (nSPS) is 15.8. The Balaban J connectivity index is 1.32. The lowest BCUT2D eigenvalue weighted by Gasteiger charge is -2.35. The molecule has 4 rings (SSSR count). The Hall–Kier alpha value is -3.62. The first kappa shape index (κ1) is 21.6. The highest BCUT2D eigenvalue weighted by atomic mass is 16.5. The molecule has 2 aromatic rings. The second-order valence-electron chi connectivity index (χ2n) is 7.86. The Morgan fingerprint density at radius 3 is 2.50 bits per heavy atom. The van der Waals surface area contributed by atoms with Gasteiger partial charge in [-0.05, 0) is 50.1 Å². The van der Waals surface area contributed by atoms with Crippen molar-refractivity contribution in [1.82, 2.24) is 15.2 Å². The second-order valence-corrected chi connectivity index (χ2v) is 7.86. The van der Waals surface area contributed by atoms with Crippen LogP contribution < -0.4 is 15.5 Å². The molecule has 1 saturated heterocycles. The highest BCUT2D eigenvalue weighted by Gasteiger charge is 2.25. The molecule has 2 N–H and O–H groups in total. The van der Waals surface area contributed by atoms with E-state index in [1.54, 1.807) is 48.2 Å². The van der Waals surface area contributed by atoms with Gasteiger partial charge < -0.3 is 25.2 Å². The van der Waals surface area contributed by atoms with E-state index in [0.717, 1.165) is 18.7 Å². The molecule has 2 heterocycles. The molecular weight excluding hydrogens is 410 g/mol. The van der Waals surface area contributed by atoms with Gasteiger partial charge in [0.05, 0.1) is 12.2 Å². The first-order valence-electron chi connectivity index (χ1n) is 10.9. The number of carbonyl (C=O) groups is 3. The highest BCUT2D eigenvalue weighted by Crippen LogP contribution is 2.20. The van der Waals surface area contributed by atoms with Crippen LogP contribution in [0.3, 0.4) is 0 Å². The number of urea groups is 1. The molecule has 0 atom stereocenters. The Kier molecular flexibility index (Phi) is 6.53. The van der Waals surface area contributed by atoms with Crippen LogP contribution in [0.25, 0.3) is 0 Å². The fourth-order valence-electron chi connectivity index (χ4n) is 3.54. The van der Waals surface area contributed by atoms with Crippen molar-refractivity contribution in [2.75, 3.05) is 43.0 Å². The first-order valence-corrected chi connectivity index (χ1v) is 10.9. The number of amides is 3. The summed E-state index contributed by atoms with van der Waals surface area (Å²) in [5.74, 6) is 0.309. The van der Waals surface area contributed by atoms with Crippen molar-refractivity contribution >= 4 is 29.4 Å². The standard InChI is InChI=1S/C23H27N5O4/c1-2-32-22(30)17-6-9-20(24-15-17)27-10-12-28(13-11-27)21(29)16-4-3-5-19(14-16)26-23(31)25-18-7-8-18/h3-6,9,14-15,18H,2,7-8,10-13H2,1H3,(H2,25,26,31). The van der Waals surface area contributed by atoms with Gasteiger partial charge in [-0.25, -0.2) is 14.6 Å². The predicted octanol–water partition coefficient (Wildman–Crippen LogP) is 2.50. The summed E-state index contributed by atoms with van der Waals surface area (Å²) < 4.78 is 4.98. The van der Waals surface area contributed by atoms with Gasteiger partial charge in [0.15, 0.2) is 0 Å². The molecule has 2 fully saturated rings. The van der Waals surface area contributed by atoms with Crippen LogP contribution in [0, 0.1) is 0 Å². The maximum absolute atomic E-state index is 13.0. The molecule has 1 aromatic heterocycles. The molecule has 32 heavy (non-hydrogen) atoms. The van der Waals surface area contributed by atoms with Crippen LogP contribution in [0.2, 0.25) is 0 Å². The van der Waals surface area contributed by atoms with E-state index >= 15 is 0 Å². The minimum atomic E-state index is -0.385. The molecule has 1 aliphatic carbocycles. The average Bonchev–Trinajstić information content (AvgIpc) is 3.63. The lowest BCUT2D eigenvalue weighted by atomic mass is 10.1. The monoisotopic (exact) mass is 437 g/mol. The van der Waals surface area contributed by atoms with E-state index in [1.165, 1.54) is 6.20 Å². The van der Waals surface area contributed by atoms with Crippen molar-refractivity contribution in [3.63, 3.8) is 0 Å². The Morgan fingerprint density at radius 2 is 1.84 bits per heavy atom. The highest BCUT2D eigenvalue weighted by molar-refractivity contribution is 5.97. The number of esters is 1. The molecule has 9 nitrogen and oxygen atoms in total. The number of aromatic nitrogens is 1. The summed E-state index contributed by atoms with van der Waals surface area (Å²) in [6.07, 6.45) is 3.55. The lowest BCUT2D eigenvalue weighted by Crippen LogP contribution is -2.49. The van der Waals surface area contributed by atoms with Crippen LogP contribution in [0.15, 0.2) is 42.6 Å². The molecule has 9 heteroatoms. The van der Waals surface area contributed by atoms with Gasteiger partial charge in [0.25, 0.3) is 5.91 Å². The SMILES string of the molecule is CCOC(=O)c1ccc(N2CCN(C(=O)c3cccc(NC(=O)NC4CC4)c3)CC2)nc1. The third kappa shape index (κ3) is 5.35. The number of benzene rings is 1. The van der Waals surface area contributed by atoms with Crippen molar-refractivity contribution in [2.24, 2.45) is 0 Å². The lowest BCUT2D eigenvalue weighted by molar-refractivity contribution is 0.0525. The molecular formula is C23H27N5O4. The molecule has 168 valence electrons. The molecule has 1 saturated carbocycles. The van der Waals surface area contributed by atoms with Crippen LogP contribution in [0.5, 0.6) is 0 Å². The summed E-state index contributed by atoms with van der Waals surface area (Å²) in [5.41, 5.74) is 1.56. The fraction of sp³-hybridized carbons (Fsp3) is 0.391. The molecule has 0 spiro atoms. The molecule has 1 aromatic carbocycles. The summed E-state index contributed by atoms with van der Waals surface area (Å²) in [5, 5.41) is 5.66. The Bertz CT molecular complexity index is 982. The van der Waals surface area contributed by atoms with Gasteiger partial charge in [0.1, 0.15) is 5.82 Å². The summed E-state index contributed by atoms with van der Waals surface area (Å²) in [7, 11) is 0. The van der Waals surface area contributed by atoms with Crippen LogP contribution >= 0.6 is 0 Å². The van der Waals surface area contributed by atoms with Crippen LogP contribution in [0.1, 0.15) is 40.5 Å². The zero-order valence-electron chi connectivity index (χ0n) is 18.0. The number of hydrogen-bond acceptors (Lipinski definition) is 6. The first-order chi connectivity index (χ1) is 15.5. The van der Waals surface area contributed by atoms with Gasteiger partial charge in [0.2, 0.25) is 0 Å².